The summed E-state index contributed by atoms with van der Waals surface area (Å²) in [5.41, 5.74) is 5.40. The molecule has 0 bridgehead atoms. The van der Waals surface area contributed by atoms with E-state index >= 15 is 0 Å². The molecule has 0 heterocycles. The summed E-state index contributed by atoms with van der Waals surface area (Å²) in [6.07, 6.45) is 9.17. The van der Waals surface area contributed by atoms with Crippen molar-refractivity contribution in [3.05, 3.63) is 0 Å². The van der Waals surface area contributed by atoms with Crippen LogP contribution in [0.5, 0.6) is 0 Å². The molecular weight excluding hydrogens is 190 g/mol. The maximum absolute atomic E-state index is 10.5. The number of carbonyl (C=O) groups is 1. The number of hydrogen-bond donors (Lipinski definition) is 2. The van der Waals surface area contributed by atoms with Gasteiger partial charge in [0.15, 0.2) is 0 Å². The zero-order valence-corrected chi connectivity index (χ0v) is 9.87. The molecule has 90 valence electrons. The third kappa shape index (κ3) is 9.73. The molecule has 0 amide bonds. The molecule has 0 saturated carbocycles. The first kappa shape index (κ1) is 14.4. The summed E-state index contributed by atoms with van der Waals surface area (Å²) in [6.45, 7) is 2.58. The third-order valence-electron chi connectivity index (χ3n) is 2.76. The van der Waals surface area contributed by atoms with Gasteiger partial charge >= 0.3 is 5.97 Å². The predicted octanol–water partition coefficient (Wildman–Crippen LogP) is 2.79. The van der Waals surface area contributed by atoms with E-state index < -0.39 is 5.97 Å². The van der Waals surface area contributed by atoms with Crippen LogP contribution in [0.4, 0.5) is 0 Å². The van der Waals surface area contributed by atoms with E-state index in [0.717, 1.165) is 25.8 Å². The minimum absolute atomic E-state index is 0.178. The van der Waals surface area contributed by atoms with Crippen molar-refractivity contribution in [1.29, 1.82) is 0 Å². The van der Waals surface area contributed by atoms with Gasteiger partial charge in [-0.25, -0.2) is 0 Å². The Bertz CT molecular complexity index is 160. The Balaban J connectivity index is 3.08. The van der Waals surface area contributed by atoms with E-state index in [4.69, 9.17) is 10.8 Å². The van der Waals surface area contributed by atoms with Crippen molar-refractivity contribution in [2.24, 2.45) is 11.7 Å². The molecular formula is C12H25NO2. The minimum Gasteiger partial charge on any atom is -0.481 e. The molecule has 0 aliphatic carbocycles. The van der Waals surface area contributed by atoms with Gasteiger partial charge in [0.05, 0.1) is 5.92 Å². The number of unbranched alkanes of at least 4 members (excludes halogenated alkanes) is 6. The Morgan fingerprint density at radius 2 is 1.53 bits per heavy atom. The van der Waals surface area contributed by atoms with Crippen molar-refractivity contribution in [2.45, 2.75) is 58.3 Å². The maximum Gasteiger partial charge on any atom is 0.306 e. The van der Waals surface area contributed by atoms with Crippen LogP contribution in [0.3, 0.4) is 0 Å². The molecule has 3 nitrogen and oxygen atoms in total. The summed E-state index contributed by atoms with van der Waals surface area (Å²) in [5.74, 6) is -0.847. The smallest absolute Gasteiger partial charge is 0.306 e. The molecule has 0 aromatic carbocycles. The fraction of sp³-hybridized carbons (Fsp3) is 0.917. The van der Waals surface area contributed by atoms with Crippen molar-refractivity contribution in [1.82, 2.24) is 0 Å². The number of hydrogen-bond acceptors (Lipinski definition) is 2. The van der Waals surface area contributed by atoms with Crippen LogP contribution in [0.15, 0.2) is 0 Å². The third-order valence-corrected chi connectivity index (χ3v) is 2.76. The highest BCUT2D eigenvalue weighted by molar-refractivity contribution is 5.69. The number of aliphatic carboxylic acids is 1. The van der Waals surface area contributed by atoms with Gasteiger partial charge in [0.2, 0.25) is 0 Å². The highest BCUT2D eigenvalue weighted by Crippen LogP contribution is 2.12. The number of carboxylic acids is 1. The minimum atomic E-state index is -0.669. The van der Waals surface area contributed by atoms with Crippen LogP contribution in [0.1, 0.15) is 58.3 Å². The Kier molecular flexibility index (Phi) is 9.59. The van der Waals surface area contributed by atoms with Crippen molar-refractivity contribution in [3.63, 3.8) is 0 Å². The molecule has 0 spiro atoms. The van der Waals surface area contributed by atoms with E-state index in [0.29, 0.717) is 0 Å². The lowest BCUT2D eigenvalue weighted by Gasteiger charge is -2.05. The van der Waals surface area contributed by atoms with Crippen molar-refractivity contribution >= 4 is 5.97 Å². The fourth-order valence-corrected chi connectivity index (χ4v) is 1.60. The van der Waals surface area contributed by atoms with E-state index in [1.165, 1.54) is 32.1 Å². The van der Waals surface area contributed by atoms with Gasteiger partial charge in [0, 0.05) is 0 Å². The molecule has 1 atom stereocenters. The maximum atomic E-state index is 10.5. The zero-order valence-electron chi connectivity index (χ0n) is 9.87. The fourth-order valence-electron chi connectivity index (χ4n) is 1.60. The van der Waals surface area contributed by atoms with E-state index in [1.54, 1.807) is 6.92 Å². The SMILES string of the molecule is CC(CCCCCCCCCN)C(=O)O. The second-order valence-electron chi connectivity index (χ2n) is 4.29. The largest absolute Gasteiger partial charge is 0.481 e. The second kappa shape index (κ2) is 9.97. The Morgan fingerprint density at radius 3 is 2.00 bits per heavy atom. The topological polar surface area (TPSA) is 63.3 Å². The van der Waals surface area contributed by atoms with Crippen LogP contribution in [-0.2, 0) is 4.79 Å². The number of nitrogens with two attached hydrogens (primary N) is 1. The standard InChI is InChI=1S/C12H25NO2/c1-11(12(14)15)9-7-5-3-2-4-6-8-10-13/h11H,2-10,13H2,1H3,(H,14,15). The summed E-state index contributed by atoms with van der Waals surface area (Å²) < 4.78 is 0. The van der Waals surface area contributed by atoms with Crippen LogP contribution >= 0.6 is 0 Å². The van der Waals surface area contributed by atoms with Gasteiger partial charge in [-0.3, -0.25) is 4.79 Å². The first-order valence-corrected chi connectivity index (χ1v) is 6.11. The summed E-state index contributed by atoms with van der Waals surface area (Å²) in [6, 6.07) is 0. The number of carboxylic acid groups (broad SMARTS) is 1. The van der Waals surface area contributed by atoms with Crippen LogP contribution in [0.25, 0.3) is 0 Å². The molecule has 0 aromatic rings. The normalized spacial score (nSPS) is 12.7. The molecule has 1 unspecified atom stereocenters. The summed E-state index contributed by atoms with van der Waals surface area (Å²) in [5, 5.41) is 8.67. The van der Waals surface area contributed by atoms with Crippen molar-refractivity contribution in [2.75, 3.05) is 6.54 Å². The number of rotatable bonds is 10. The summed E-state index contributed by atoms with van der Waals surface area (Å²) in [4.78, 5) is 10.5. The molecule has 0 fully saturated rings. The second-order valence-corrected chi connectivity index (χ2v) is 4.29. The van der Waals surface area contributed by atoms with Crippen LogP contribution in [0.2, 0.25) is 0 Å². The van der Waals surface area contributed by atoms with Crippen LogP contribution in [-0.4, -0.2) is 17.6 Å². The lowest BCUT2D eigenvalue weighted by Crippen LogP contribution is -2.08. The predicted molar refractivity (Wildman–Crippen MR) is 62.8 cm³/mol. The molecule has 15 heavy (non-hydrogen) atoms. The molecule has 0 radical (unpaired) electrons. The van der Waals surface area contributed by atoms with Gasteiger partial charge in [0.1, 0.15) is 0 Å². The Labute approximate surface area is 93.0 Å². The van der Waals surface area contributed by atoms with Gasteiger partial charge in [-0.1, -0.05) is 45.4 Å². The van der Waals surface area contributed by atoms with E-state index in [2.05, 4.69) is 0 Å². The lowest BCUT2D eigenvalue weighted by atomic mass is 10.0. The van der Waals surface area contributed by atoms with Crippen molar-refractivity contribution in [3.8, 4) is 0 Å². The van der Waals surface area contributed by atoms with E-state index in [9.17, 15) is 4.79 Å². The van der Waals surface area contributed by atoms with Gasteiger partial charge in [0.25, 0.3) is 0 Å². The van der Waals surface area contributed by atoms with Gasteiger partial charge in [-0.05, 0) is 19.4 Å². The zero-order chi connectivity index (χ0) is 11.5. The first-order chi connectivity index (χ1) is 7.18. The average molecular weight is 215 g/mol. The summed E-state index contributed by atoms with van der Waals surface area (Å²) in [7, 11) is 0. The quantitative estimate of drug-likeness (QED) is 0.551. The first-order valence-electron chi connectivity index (χ1n) is 6.11. The Morgan fingerprint density at radius 1 is 1.07 bits per heavy atom. The molecule has 0 saturated heterocycles. The van der Waals surface area contributed by atoms with Crippen molar-refractivity contribution < 1.29 is 9.90 Å². The van der Waals surface area contributed by atoms with Gasteiger partial charge in [-0.2, -0.15) is 0 Å². The van der Waals surface area contributed by atoms with Crippen LogP contribution in [0, 0.1) is 5.92 Å². The van der Waals surface area contributed by atoms with E-state index in [-0.39, 0.29) is 5.92 Å². The monoisotopic (exact) mass is 215 g/mol. The molecule has 0 aromatic heterocycles. The molecule has 0 aliphatic rings. The molecule has 0 rings (SSSR count). The highest BCUT2D eigenvalue weighted by Gasteiger charge is 2.09. The summed E-state index contributed by atoms with van der Waals surface area (Å²) >= 11 is 0. The molecule has 3 N–H and O–H groups in total. The average Bonchev–Trinajstić information content (AvgIpc) is 2.21. The molecule has 3 heteroatoms. The van der Waals surface area contributed by atoms with Gasteiger partial charge < -0.3 is 10.8 Å². The highest BCUT2D eigenvalue weighted by atomic mass is 16.4. The van der Waals surface area contributed by atoms with Gasteiger partial charge in [-0.15, -0.1) is 0 Å². The molecule has 0 aliphatic heterocycles. The Hall–Kier alpha value is -0.570. The van der Waals surface area contributed by atoms with E-state index in [1.807, 2.05) is 0 Å². The van der Waals surface area contributed by atoms with Crippen LogP contribution < -0.4 is 5.73 Å². The lowest BCUT2D eigenvalue weighted by molar-refractivity contribution is -0.141.